The van der Waals surface area contributed by atoms with Crippen molar-refractivity contribution < 1.29 is 9.90 Å². The molecule has 1 aromatic heterocycles. The number of carboxylic acid groups (broad SMARTS) is 1. The number of para-hydroxylation sites is 2. The number of carbonyl (C=O) groups is 1. The number of imidazole rings is 1. The van der Waals surface area contributed by atoms with Crippen LogP contribution in [-0.2, 0) is 0 Å². The third kappa shape index (κ3) is 3.65. The van der Waals surface area contributed by atoms with Gasteiger partial charge in [0.1, 0.15) is 5.82 Å². The fourth-order valence-electron chi connectivity index (χ4n) is 3.65. The molecule has 0 bridgehead atoms. The van der Waals surface area contributed by atoms with Gasteiger partial charge in [-0.2, -0.15) is 0 Å². The van der Waals surface area contributed by atoms with Crippen molar-refractivity contribution >= 4 is 34.1 Å². The van der Waals surface area contributed by atoms with Crippen molar-refractivity contribution in [2.45, 2.75) is 0 Å². The molecule has 0 aliphatic rings. The van der Waals surface area contributed by atoms with Gasteiger partial charge in [-0.05, 0) is 66.7 Å². The monoisotopic (exact) mass is 405 g/mol. The summed E-state index contributed by atoms with van der Waals surface area (Å²) in [5.41, 5.74) is 5.79. The summed E-state index contributed by atoms with van der Waals surface area (Å²) in [5, 5.41) is 9.20. The van der Waals surface area contributed by atoms with Gasteiger partial charge in [0.2, 0.25) is 0 Å². The van der Waals surface area contributed by atoms with Crippen molar-refractivity contribution in [2.24, 2.45) is 0 Å². The van der Waals surface area contributed by atoms with E-state index in [0.717, 1.165) is 28.1 Å². The van der Waals surface area contributed by atoms with Gasteiger partial charge in [-0.15, -0.1) is 0 Å². The van der Waals surface area contributed by atoms with Gasteiger partial charge in [-0.25, -0.2) is 9.78 Å². The van der Waals surface area contributed by atoms with Crippen LogP contribution in [0.15, 0.2) is 103 Å². The molecule has 4 aromatic carbocycles. The number of hydrogen-bond acceptors (Lipinski definition) is 3. The number of aromatic amines is 1. The van der Waals surface area contributed by atoms with E-state index in [9.17, 15) is 9.90 Å². The van der Waals surface area contributed by atoms with Crippen LogP contribution in [0.1, 0.15) is 10.4 Å². The van der Waals surface area contributed by atoms with Crippen molar-refractivity contribution in [2.75, 3.05) is 4.90 Å². The Kier molecular flexibility index (Phi) is 4.69. The van der Waals surface area contributed by atoms with Gasteiger partial charge in [-0.1, -0.05) is 36.4 Å². The molecular formula is C26H19N3O2. The molecule has 5 aromatic rings. The first-order valence-corrected chi connectivity index (χ1v) is 9.93. The second-order valence-corrected chi connectivity index (χ2v) is 7.18. The highest BCUT2D eigenvalue weighted by molar-refractivity contribution is 5.93. The topological polar surface area (TPSA) is 69.2 Å². The zero-order valence-corrected chi connectivity index (χ0v) is 16.6. The maximum Gasteiger partial charge on any atom is 0.335 e. The van der Waals surface area contributed by atoms with Gasteiger partial charge in [0.25, 0.3) is 0 Å². The van der Waals surface area contributed by atoms with Crippen LogP contribution in [-0.4, -0.2) is 21.0 Å². The Morgan fingerprint density at radius 2 is 1.32 bits per heavy atom. The predicted octanol–water partition coefficient (Wildman–Crippen LogP) is 6.40. The highest BCUT2D eigenvalue weighted by Gasteiger charge is 2.13. The number of carboxylic acids is 1. The molecule has 0 aliphatic heterocycles. The maximum atomic E-state index is 11.2. The minimum Gasteiger partial charge on any atom is -0.478 e. The Labute approximate surface area is 179 Å². The molecule has 0 aliphatic carbocycles. The summed E-state index contributed by atoms with van der Waals surface area (Å²) in [6, 6.07) is 33.5. The van der Waals surface area contributed by atoms with Crippen LogP contribution >= 0.6 is 0 Å². The lowest BCUT2D eigenvalue weighted by Crippen LogP contribution is -2.09. The number of aromatic nitrogens is 2. The average molecular weight is 405 g/mol. The fourth-order valence-corrected chi connectivity index (χ4v) is 3.65. The second-order valence-electron chi connectivity index (χ2n) is 7.18. The molecule has 0 unspecified atom stereocenters. The van der Waals surface area contributed by atoms with Gasteiger partial charge < -0.3 is 15.0 Å². The van der Waals surface area contributed by atoms with E-state index in [1.54, 1.807) is 18.2 Å². The van der Waals surface area contributed by atoms with E-state index < -0.39 is 5.97 Å². The van der Waals surface area contributed by atoms with Gasteiger partial charge in [0.05, 0.1) is 16.6 Å². The molecule has 0 radical (unpaired) electrons. The van der Waals surface area contributed by atoms with Crippen molar-refractivity contribution in [1.29, 1.82) is 0 Å². The molecule has 5 heteroatoms. The first kappa shape index (κ1) is 18.6. The average Bonchev–Trinajstić information content (AvgIpc) is 3.25. The maximum absolute atomic E-state index is 11.2. The number of hydrogen-bond donors (Lipinski definition) is 2. The standard InChI is InChI=1S/C26H19N3O2/c30-26(31)19-13-16-23-24(17-19)28-25(27-23)18-11-14-22(15-12-18)29(20-7-3-1-4-8-20)21-9-5-2-6-10-21/h1-17H,(H,27,28)(H,30,31). The first-order chi connectivity index (χ1) is 15.2. The van der Waals surface area contributed by atoms with Crippen LogP contribution < -0.4 is 4.90 Å². The van der Waals surface area contributed by atoms with E-state index in [1.807, 2.05) is 48.5 Å². The molecule has 5 nitrogen and oxygen atoms in total. The quantitative estimate of drug-likeness (QED) is 0.355. The van der Waals surface area contributed by atoms with Crippen molar-refractivity contribution in [3.05, 3.63) is 109 Å². The van der Waals surface area contributed by atoms with Crippen LogP contribution in [0.2, 0.25) is 0 Å². The summed E-state index contributed by atoms with van der Waals surface area (Å²) in [6.07, 6.45) is 0. The second kappa shape index (κ2) is 7.80. The van der Waals surface area contributed by atoms with Crippen molar-refractivity contribution in [1.82, 2.24) is 9.97 Å². The molecule has 31 heavy (non-hydrogen) atoms. The molecule has 1 heterocycles. The number of H-pyrrole nitrogens is 1. The van der Waals surface area contributed by atoms with Gasteiger partial charge in [0.15, 0.2) is 0 Å². The number of rotatable bonds is 5. The highest BCUT2D eigenvalue weighted by Crippen LogP contribution is 2.35. The van der Waals surface area contributed by atoms with E-state index in [1.165, 1.54) is 0 Å². The van der Waals surface area contributed by atoms with E-state index in [-0.39, 0.29) is 5.56 Å². The summed E-state index contributed by atoms with van der Waals surface area (Å²) in [4.78, 5) is 21.3. The molecule has 0 amide bonds. The Morgan fingerprint density at radius 3 is 1.90 bits per heavy atom. The van der Waals surface area contributed by atoms with Crippen LogP contribution in [0.3, 0.4) is 0 Å². The van der Waals surface area contributed by atoms with Crippen molar-refractivity contribution in [3.63, 3.8) is 0 Å². The van der Waals surface area contributed by atoms with Gasteiger partial charge in [-0.3, -0.25) is 0 Å². The lowest BCUT2D eigenvalue weighted by atomic mass is 10.1. The third-order valence-electron chi connectivity index (χ3n) is 5.16. The summed E-state index contributed by atoms with van der Waals surface area (Å²) in [5.74, 6) is -0.251. The van der Waals surface area contributed by atoms with E-state index in [4.69, 9.17) is 0 Å². The Morgan fingerprint density at radius 1 is 0.742 bits per heavy atom. The van der Waals surface area contributed by atoms with Crippen LogP contribution in [0.5, 0.6) is 0 Å². The normalized spacial score (nSPS) is 10.8. The Balaban J connectivity index is 1.52. The number of nitrogens with one attached hydrogen (secondary N) is 1. The third-order valence-corrected chi connectivity index (χ3v) is 5.16. The number of aromatic carboxylic acids is 1. The minimum absolute atomic E-state index is 0.236. The van der Waals surface area contributed by atoms with E-state index in [0.29, 0.717) is 11.3 Å². The molecule has 5 rings (SSSR count). The minimum atomic E-state index is -0.954. The van der Waals surface area contributed by atoms with E-state index >= 15 is 0 Å². The summed E-state index contributed by atoms with van der Waals surface area (Å²) in [6.45, 7) is 0. The molecule has 0 spiro atoms. The Hall–Kier alpha value is -4.38. The van der Waals surface area contributed by atoms with Gasteiger partial charge >= 0.3 is 5.97 Å². The number of nitrogens with zero attached hydrogens (tertiary/aromatic N) is 2. The molecule has 2 N–H and O–H groups in total. The molecule has 0 fully saturated rings. The molecule has 0 saturated carbocycles. The zero-order valence-electron chi connectivity index (χ0n) is 16.6. The number of benzene rings is 4. The van der Waals surface area contributed by atoms with Gasteiger partial charge in [0, 0.05) is 22.6 Å². The van der Waals surface area contributed by atoms with Crippen LogP contribution in [0.4, 0.5) is 17.1 Å². The molecular weight excluding hydrogens is 386 g/mol. The number of anilines is 3. The molecule has 150 valence electrons. The summed E-state index contributed by atoms with van der Waals surface area (Å²) >= 11 is 0. The highest BCUT2D eigenvalue weighted by atomic mass is 16.4. The Bertz CT molecular complexity index is 1300. The smallest absolute Gasteiger partial charge is 0.335 e. The van der Waals surface area contributed by atoms with Crippen molar-refractivity contribution in [3.8, 4) is 11.4 Å². The number of fused-ring (bicyclic) bond motifs is 1. The molecule has 0 atom stereocenters. The fraction of sp³-hybridized carbons (Fsp3) is 0. The lowest BCUT2D eigenvalue weighted by Gasteiger charge is -2.25. The van der Waals surface area contributed by atoms with Crippen LogP contribution in [0, 0.1) is 0 Å². The summed E-state index contributed by atoms with van der Waals surface area (Å²) in [7, 11) is 0. The zero-order chi connectivity index (χ0) is 21.2. The van der Waals surface area contributed by atoms with Crippen LogP contribution in [0.25, 0.3) is 22.4 Å². The first-order valence-electron chi connectivity index (χ1n) is 9.93. The predicted molar refractivity (Wildman–Crippen MR) is 123 cm³/mol. The summed E-state index contributed by atoms with van der Waals surface area (Å²) < 4.78 is 0. The SMILES string of the molecule is O=C(O)c1ccc2nc(-c3ccc(N(c4ccccc4)c4ccccc4)cc3)[nH]c2c1. The largest absolute Gasteiger partial charge is 0.478 e. The lowest BCUT2D eigenvalue weighted by molar-refractivity contribution is 0.0697. The van der Waals surface area contributed by atoms with E-state index in [2.05, 4.69) is 51.3 Å². The molecule has 0 saturated heterocycles.